The molecular formula is C8H11NO2. The van der Waals surface area contributed by atoms with Crippen molar-refractivity contribution < 1.29 is 4.74 Å². The van der Waals surface area contributed by atoms with Crippen LogP contribution in [0.4, 0.5) is 0 Å². The molecule has 1 rings (SSSR count). The highest BCUT2D eigenvalue weighted by molar-refractivity contribution is 5.06. The summed E-state index contributed by atoms with van der Waals surface area (Å²) in [5, 5.41) is 0. The highest BCUT2D eigenvalue weighted by Gasteiger charge is 1.92. The van der Waals surface area contributed by atoms with Gasteiger partial charge in [0.15, 0.2) is 0 Å². The highest BCUT2D eigenvalue weighted by atomic mass is 16.5. The van der Waals surface area contributed by atoms with E-state index in [1.165, 1.54) is 10.6 Å². The van der Waals surface area contributed by atoms with Crippen LogP contribution in [0.5, 0.6) is 0 Å². The molecule has 1 aromatic rings. The maximum atomic E-state index is 11.0. The first-order valence-electron chi connectivity index (χ1n) is 3.40. The molecule has 0 fully saturated rings. The van der Waals surface area contributed by atoms with Crippen LogP contribution < -0.4 is 5.56 Å². The van der Waals surface area contributed by atoms with Crippen LogP contribution in [-0.2, 0) is 11.5 Å². The van der Waals surface area contributed by atoms with Crippen molar-refractivity contribution >= 4 is 0 Å². The van der Waals surface area contributed by atoms with Crippen molar-refractivity contribution in [2.75, 3.05) is 7.11 Å². The summed E-state index contributed by atoms with van der Waals surface area (Å²) in [6, 6.07) is 3.32. The third-order valence-electron chi connectivity index (χ3n) is 1.40. The number of nitrogens with zero attached hydrogens (tertiary/aromatic N) is 1. The van der Waals surface area contributed by atoms with Gasteiger partial charge in [-0.2, -0.15) is 0 Å². The van der Waals surface area contributed by atoms with E-state index >= 15 is 0 Å². The van der Waals surface area contributed by atoms with Gasteiger partial charge in [-0.15, -0.1) is 0 Å². The zero-order valence-corrected chi connectivity index (χ0v) is 6.70. The molecule has 0 aromatic carbocycles. The van der Waals surface area contributed by atoms with Gasteiger partial charge in [-0.3, -0.25) is 9.36 Å². The van der Waals surface area contributed by atoms with E-state index in [9.17, 15) is 4.79 Å². The van der Waals surface area contributed by atoms with Gasteiger partial charge in [-0.25, -0.2) is 0 Å². The molecular weight excluding hydrogens is 142 g/mol. The van der Waals surface area contributed by atoms with Crippen molar-refractivity contribution in [3.8, 4) is 0 Å². The van der Waals surface area contributed by atoms with E-state index in [-0.39, 0.29) is 5.56 Å². The Morgan fingerprint density at radius 3 is 2.91 bits per heavy atom. The molecule has 0 N–H and O–H groups in total. The first kappa shape index (κ1) is 8.01. The Kier molecular flexibility index (Phi) is 2.44. The number of aryl methyl sites for hydroxylation is 1. The summed E-state index contributed by atoms with van der Waals surface area (Å²) in [5.41, 5.74) is 1.03. The Balaban J connectivity index is 3.03. The molecule has 0 aliphatic carbocycles. The van der Waals surface area contributed by atoms with Crippen molar-refractivity contribution in [2.45, 2.75) is 13.7 Å². The van der Waals surface area contributed by atoms with Crippen molar-refractivity contribution in [3.05, 3.63) is 34.2 Å². The van der Waals surface area contributed by atoms with Crippen LogP contribution in [0.3, 0.4) is 0 Å². The van der Waals surface area contributed by atoms with Crippen molar-refractivity contribution in [1.82, 2.24) is 4.57 Å². The van der Waals surface area contributed by atoms with E-state index in [1.54, 1.807) is 19.4 Å². The minimum Gasteiger partial charge on any atom is -0.364 e. The Hall–Kier alpha value is -1.09. The molecule has 3 heteroatoms. The molecule has 3 nitrogen and oxygen atoms in total. The first-order valence-corrected chi connectivity index (χ1v) is 3.40. The summed E-state index contributed by atoms with van der Waals surface area (Å²) in [6.07, 6.45) is 1.77. The molecule has 0 atom stereocenters. The normalized spacial score (nSPS) is 10.0. The quantitative estimate of drug-likeness (QED) is 0.628. The molecule has 0 unspecified atom stereocenters. The molecule has 0 bridgehead atoms. The topological polar surface area (TPSA) is 31.2 Å². The lowest BCUT2D eigenvalue weighted by Gasteiger charge is -2.03. The first-order chi connectivity index (χ1) is 5.24. The Labute approximate surface area is 65.2 Å². The molecule has 0 saturated carbocycles. The molecule has 0 aliphatic rings. The highest BCUT2D eigenvalue weighted by Crippen LogP contribution is 1.91. The third-order valence-corrected chi connectivity index (χ3v) is 1.40. The molecule has 11 heavy (non-hydrogen) atoms. The maximum absolute atomic E-state index is 11.0. The van der Waals surface area contributed by atoms with E-state index in [1.807, 2.05) is 6.92 Å². The zero-order chi connectivity index (χ0) is 8.27. The van der Waals surface area contributed by atoms with Gasteiger partial charge in [-0.05, 0) is 12.5 Å². The molecule has 0 aliphatic heterocycles. The maximum Gasteiger partial charge on any atom is 0.252 e. The second-order valence-electron chi connectivity index (χ2n) is 2.43. The fraction of sp³-hybridized carbons (Fsp3) is 0.375. The average molecular weight is 153 g/mol. The number of rotatable bonds is 2. The van der Waals surface area contributed by atoms with Crippen LogP contribution in [-0.4, -0.2) is 11.7 Å². The number of hydrogen-bond acceptors (Lipinski definition) is 2. The summed E-state index contributed by atoms with van der Waals surface area (Å²) in [5.74, 6) is 0. The largest absolute Gasteiger partial charge is 0.364 e. The van der Waals surface area contributed by atoms with Gasteiger partial charge in [-0.1, -0.05) is 6.07 Å². The van der Waals surface area contributed by atoms with Gasteiger partial charge >= 0.3 is 0 Å². The van der Waals surface area contributed by atoms with Crippen LogP contribution in [0.25, 0.3) is 0 Å². The summed E-state index contributed by atoms with van der Waals surface area (Å²) < 4.78 is 6.35. The summed E-state index contributed by atoms with van der Waals surface area (Å²) in [7, 11) is 1.56. The molecule has 1 aromatic heterocycles. The van der Waals surface area contributed by atoms with E-state index in [0.29, 0.717) is 6.73 Å². The van der Waals surface area contributed by atoms with Crippen molar-refractivity contribution in [3.63, 3.8) is 0 Å². The second kappa shape index (κ2) is 3.34. The number of aromatic nitrogens is 1. The fourth-order valence-corrected chi connectivity index (χ4v) is 0.891. The SMILES string of the molecule is COCn1cc(C)ccc1=O. The third kappa shape index (κ3) is 1.91. The molecule has 60 valence electrons. The summed E-state index contributed by atoms with van der Waals surface area (Å²) >= 11 is 0. The molecule has 0 spiro atoms. The minimum absolute atomic E-state index is 0.0301. The Morgan fingerprint density at radius 1 is 1.55 bits per heavy atom. The predicted octanol–water partition coefficient (Wildman–Crippen LogP) is 0.761. The van der Waals surface area contributed by atoms with E-state index < -0.39 is 0 Å². The lowest BCUT2D eigenvalue weighted by atomic mass is 10.3. The van der Waals surface area contributed by atoms with Gasteiger partial charge in [0.25, 0.3) is 5.56 Å². The Morgan fingerprint density at radius 2 is 2.27 bits per heavy atom. The van der Waals surface area contributed by atoms with E-state index in [2.05, 4.69) is 0 Å². The molecule has 0 saturated heterocycles. The van der Waals surface area contributed by atoms with E-state index in [4.69, 9.17) is 4.74 Å². The minimum atomic E-state index is -0.0301. The van der Waals surface area contributed by atoms with Crippen LogP contribution in [0, 0.1) is 6.92 Å². The van der Waals surface area contributed by atoms with Gasteiger partial charge in [0.1, 0.15) is 6.73 Å². The van der Waals surface area contributed by atoms with Gasteiger partial charge in [0, 0.05) is 19.4 Å². The number of pyridine rings is 1. The lowest BCUT2D eigenvalue weighted by Crippen LogP contribution is -2.19. The van der Waals surface area contributed by atoms with Gasteiger partial charge < -0.3 is 4.74 Å². The van der Waals surface area contributed by atoms with Crippen molar-refractivity contribution in [1.29, 1.82) is 0 Å². The lowest BCUT2D eigenvalue weighted by molar-refractivity contribution is 0.128. The average Bonchev–Trinajstić information content (AvgIpc) is 1.98. The molecule has 0 radical (unpaired) electrons. The number of hydrogen-bond donors (Lipinski definition) is 0. The molecule has 0 amide bonds. The standard InChI is InChI=1S/C8H11NO2/c1-7-3-4-8(10)9(5-7)6-11-2/h3-5H,6H2,1-2H3. The van der Waals surface area contributed by atoms with Crippen molar-refractivity contribution in [2.24, 2.45) is 0 Å². The number of methoxy groups -OCH3 is 1. The van der Waals surface area contributed by atoms with Gasteiger partial charge in [0.05, 0.1) is 0 Å². The monoisotopic (exact) mass is 153 g/mol. The van der Waals surface area contributed by atoms with E-state index in [0.717, 1.165) is 5.56 Å². The second-order valence-corrected chi connectivity index (χ2v) is 2.43. The van der Waals surface area contributed by atoms with Gasteiger partial charge in [0.2, 0.25) is 0 Å². The number of ether oxygens (including phenoxy) is 1. The Bertz CT molecular complexity index is 290. The fourth-order valence-electron chi connectivity index (χ4n) is 0.891. The van der Waals surface area contributed by atoms with Crippen LogP contribution in [0.2, 0.25) is 0 Å². The van der Waals surface area contributed by atoms with Crippen LogP contribution in [0.1, 0.15) is 5.56 Å². The summed E-state index contributed by atoms with van der Waals surface area (Å²) in [6.45, 7) is 2.26. The predicted molar refractivity (Wildman–Crippen MR) is 42.4 cm³/mol. The van der Waals surface area contributed by atoms with Crippen LogP contribution in [0.15, 0.2) is 23.1 Å². The zero-order valence-electron chi connectivity index (χ0n) is 6.70. The smallest absolute Gasteiger partial charge is 0.252 e. The summed E-state index contributed by atoms with van der Waals surface area (Å²) in [4.78, 5) is 11.0. The molecule has 1 heterocycles. The van der Waals surface area contributed by atoms with Crippen LogP contribution >= 0.6 is 0 Å².